The van der Waals surface area contributed by atoms with Crippen molar-refractivity contribution in [3.05, 3.63) is 28.8 Å². The monoisotopic (exact) mass is 275 g/mol. The quantitative estimate of drug-likeness (QED) is 0.683. The fraction of sp³-hybridized carbons (Fsp3) is 0.667. The first kappa shape index (κ1) is 15.4. The highest BCUT2D eigenvalue weighted by Crippen LogP contribution is 2.25. The number of benzene rings is 1. The summed E-state index contributed by atoms with van der Waals surface area (Å²) in [6.45, 7) is 5.49. The van der Waals surface area contributed by atoms with Crippen LogP contribution >= 0.6 is 0 Å². The van der Waals surface area contributed by atoms with Crippen molar-refractivity contribution in [2.24, 2.45) is 0 Å². The van der Waals surface area contributed by atoms with E-state index in [0.717, 1.165) is 11.8 Å². The smallest absolute Gasteiger partial charge is 0.124 e. The second-order valence-corrected chi connectivity index (χ2v) is 6.16. The Labute approximate surface area is 123 Å². The predicted molar refractivity (Wildman–Crippen MR) is 85.7 cm³/mol. The van der Waals surface area contributed by atoms with Gasteiger partial charge in [-0.1, -0.05) is 25.0 Å². The van der Waals surface area contributed by atoms with Gasteiger partial charge < -0.3 is 10.1 Å². The van der Waals surface area contributed by atoms with Crippen molar-refractivity contribution in [1.82, 2.24) is 5.32 Å². The number of aryl methyl sites for hydroxylation is 3. The molecule has 0 spiro atoms. The summed E-state index contributed by atoms with van der Waals surface area (Å²) in [6, 6.07) is 5.42. The number of rotatable bonds is 9. The lowest BCUT2D eigenvalue weighted by atomic mass is 10.0. The van der Waals surface area contributed by atoms with Crippen molar-refractivity contribution in [1.29, 1.82) is 0 Å². The average Bonchev–Trinajstić information content (AvgIpc) is 3.21. The van der Waals surface area contributed by atoms with Crippen LogP contribution in [0.2, 0.25) is 0 Å². The predicted octanol–water partition coefficient (Wildman–Crippen LogP) is 4.17. The number of hydrogen-bond acceptors (Lipinski definition) is 2. The van der Waals surface area contributed by atoms with Gasteiger partial charge >= 0.3 is 0 Å². The van der Waals surface area contributed by atoms with Gasteiger partial charge in [0.2, 0.25) is 0 Å². The molecule has 0 bridgehead atoms. The van der Waals surface area contributed by atoms with Gasteiger partial charge in [0, 0.05) is 6.04 Å². The van der Waals surface area contributed by atoms with E-state index in [0.29, 0.717) is 0 Å². The first-order valence-corrected chi connectivity index (χ1v) is 8.08. The van der Waals surface area contributed by atoms with Gasteiger partial charge in [-0.2, -0.15) is 0 Å². The van der Waals surface area contributed by atoms with Gasteiger partial charge in [0.05, 0.1) is 7.11 Å². The molecule has 20 heavy (non-hydrogen) atoms. The number of nitrogens with one attached hydrogen (secondary N) is 1. The third-order valence-corrected chi connectivity index (χ3v) is 4.13. The summed E-state index contributed by atoms with van der Waals surface area (Å²) >= 11 is 0. The van der Waals surface area contributed by atoms with Crippen molar-refractivity contribution >= 4 is 0 Å². The highest BCUT2D eigenvalue weighted by molar-refractivity contribution is 5.43. The minimum atomic E-state index is 0.861. The number of unbranched alkanes of at least 4 members (excludes halogenated alkanes) is 3. The second kappa shape index (κ2) is 7.68. The van der Waals surface area contributed by atoms with Crippen LogP contribution in [0.5, 0.6) is 5.75 Å². The zero-order valence-electron chi connectivity index (χ0n) is 13.3. The molecule has 2 rings (SSSR count). The summed E-state index contributed by atoms with van der Waals surface area (Å²) in [5.74, 6) is 1.04. The minimum absolute atomic E-state index is 0.861. The van der Waals surface area contributed by atoms with E-state index in [1.807, 2.05) is 0 Å². The zero-order chi connectivity index (χ0) is 14.4. The van der Waals surface area contributed by atoms with Crippen molar-refractivity contribution in [3.63, 3.8) is 0 Å². The van der Waals surface area contributed by atoms with Gasteiger partial charge in [0.15, 0.2) is 0 Å². The van der Waals surface area contributed by atoms with Crippen molar-refractivity contribution in [3.8, 4) is 5.75 Å². The molecule has 2 nitrogen and oxygen atoms in total. The average molecular weight is 275 g/mol. The summed E-state index contributed by atoms with van der Waals surface area (Å²) < 4.78 is 5.42. The Morgan fingerprint density at radius 1 is 1.05 bits per heavy atom. The third kappa shape index (κ3) is 4.82. The van der Waals surface area contributed by atoms with E-state index < -0.39 is 0 Å². The Hall–Kier alpha value is -1.02. The lowest BCUT2D eigenvalue weighted by Crippen LogP contribution is -2.17. The van der Waals surface area contributed by atoms with E-state index in [2.05, 4.69) is 31.3 Å². The molecule has 0 atom stereocenters. The van der Waals surface area contributed by atoms with Gasteiger partial charge in [-0.3, -0.25) is 0 Å². The first-order valence-electron chi connectivity index (χ1n) is 8.08. The van der Waals surface area contributed by atoms with Crippen LogP contribution in [0.3, 0.4) is 0 Å². The van der Waals surface area contributed by atoms with E-state index in [-0.39, 0.29) is 0 Å². The van der Waals surface area contributed by atoms with E-state index in [4.69, 9.17) is 4.74 Å². The number of ether oxygens (including phenoxy) is 1. The lowest BCUT2D eigenvalue weighted by Gasteiger charge is -2.11. The number of methoxy groups -OCH3 is 1. The largest absolute Gasteiger partial charge is 0.496 e. The highest BCUT2D eigenvalue weighted by Gasteiger charge is 2.19. The Morgan fingerprint density at radius 2 is 1.70 bits per heavy atom. The summed E-state index contributed by atoms with van der Waals surface area (Å²) in [5, 5.41) is 3.58. The van der Waals surface area contributed by atoms with Gasteiger partial charge in [0.1, 0.15) is 5.75 Å². The molecule has 0 unspecified atom stereocenters. The topological polar surface area (TPSA) is 21.3 Å². The lowest BCUT2D eigenvalue weighted by molar-refractivity contribution is 0.408. The Balaban J connectivity index is 1.63. The van der Waals surface area contributed by atoms with E-state index >= 15 is 0 Å². The van der Waals surface area contributed by atoms with Crippen molar-refractivity contribution in [2.75, 3.05) is 13.7 Å². The van der Waals surface area contributed by atoms with Gasteiger partial charge in [0.25, 0.3) is 0 Å². The molecule has 0 heterocycles. The molecule has 0 amide bonds. The maximum atomic E-state index is 5.42. The molecule has 1 N–H and O–H groups in total. The Bertz CT molecular complexity index is 400. The third-order valence-electron chi connectivity index (χ3n) is 4.13. The summed E-state index contributed by atoms with van der Waals surface area (Å²) in [5.41, 5.74) is 3.98. The van der Waals surface area contributed by atoms with Gasteiger partial charge in [-0.05, 0) is 69.2 Å². The number of hydrogen-bond donors (Lipinski definition) is 1. The van der Waals surface area contributed by atoms with Gasteiger partial charge in [-0.25, -0.2) is 0 Å². The molecule has 0 radical (unpaired) electrons. The van der Waals surface area contributed by atoms with E-state index in [9.17, 15) is 0 Å². The molecule has 1 saturated carbocycles. The molecule has 1 aromatic carbocycles. The van der Waals surface area contributed by atoms with Crippen LogP contribution in [-0.4, -0.2) is 19.7 Å². The normalized spacial score (nSPS) is 14.6. The molecule has 112 valence electrons. The second-order valence-electron chi connectivity index (χ2n) is 6.16. The fourth-order valence-corrected chi connectivity index (χ4v) is 2.91. The van der Waals surface area contributed by atoms with Crippen LogP contribution in [0.15, 0.2) is 12.1 Å². The van der Waals surface area contributed by atoms with Crippen LogP contribution < -0.4 is 10.1 Å². The van der Waals surface area contributed by atoms with Crippen molar-refractivity contribution in [2.45, 2.75) is 64.8 Å². The molecule has 2 heteroatoms. The van der Waals surface area contributed by atoms with Crippen LogP contribution in [0.25, 0.3) is 0 Å². The molecule has 0 aliphatic heterocycles. The molecular formula is C18H29NO. The van der Waals surface area contributed by atoms with Crippen LogP contribution in [-0.2, 0) is 6.42 Å². The maximum Gasteiger partial charge on any atom is 0.124 e. The zero-order valence-corrected chi connectivity index (χ0v) is 13.3. The Morgan fingerprint density at radius 3 is 2.30 bits per heavy atom. The van der Waals surface area contributed by atoms with E-state index in [1.165, 1.54) is 68.2 Å². The van der Waals surface area contributed by atoms with E-state index in [1.54, 1.807) is 7.11 Å². The maximum absolute atomic E-state index is 5.42. The standard InChI is InChI=1S/C18H29NO/c1-14-12-16(13-15(2)18(14)20-3)8-6-4-5-7-11-19-17-9-10-17/h12-13,17,19H,4-11H2,1-3H3. The summed E-state index contributed by atoms with van der Waals surface area (Å²) in [4.78, 5) is 0. The van der Waals surface area contributed by atoms with Crippen LogP contribution in [0, 0.1) is 13.8 Å². The Kier molecular flexibility index (Phi) is 5.90. The van der Waals surface area contributed by atoms with Crippen LogP contribution in [0.1, 0.15) is 55.2 Å². The molecule has 1 aromatic rings. The summed E-state index contributed by atoms with van der Waals surface area (Å²) in [7, 11) is 1.75. The molecular weight excluding hydrogens is 246 g/mol. The first-order chi connectivity index (χ1) is 9.70. The molecule has 1 fully saturated rings. The molecule has 0 aromatic heterocycles. The SMILES string of the molecule is COc1c(C)cc(CCCCCCNC2CC2)cc1C. The molecule has 0 saturated heterocycles. The van der Waals surface area contributed by atoms with Crippen LogP contribution in [0.4, 0.5) is 0 Å². The molecule has 1 aliphatic carbocycles. The summed E-state index contributed by atoms with van der Waals surface area (Å²) in [6.07, 6.45) is 9.32. The van der Waals surface area contributed by atoms with Crippen molar-refractivity contribution < 1.29 is 4.74 Å². The van der Waals surface area contributed by atoms with Gasteiger partial charge in [-0.15, -0.1) is 0 Å². The fourth-order valence-electron chi connectivity index (χ4n) is 2.91. The highest BCUT2D eigenvalue weighted by atomic mass is 16.5. The molecule has 1 aliphatic rings. The minimum Gasteiger partial charge on any atom is -0.496 e.